The lowest BCUT2D eigenvalue weighted by Crippen LogP contribution is -2.23. The minimum absolute atomic E-state index is 0.0498. The average Bonchev–Trinajstić information content (AvgIpc) is 2.34. The Morgan fingerprint density at radius 2 is 2.10 bits per heavy atom. The summed E-state index contributed by atoms with van der Waals surface area (Å²) in [7, 11) is 0. The summed E-state index contributed by atoms with van der Waals surface area (Å²) in [6.45, 7) is 0. The highest BCUT2D eigenvalue weighted by Crippen LogP contribution is 2.32. The molecule has 3 heteroatoms. The van der Waals surface area contributed by atoms with Gasteiger partial charge in [-0.05, 0) is 12.8 Å². The Morgan fingerprint density at radius 3 is 2.90 bits per heavy atom. The number of fused-ring (bicyclic) bond motifs is 1. The highest BCUT2D eigenvalue weighted by molar-refractivity contribution is 5.73. The Hall–Kier alpha value is -0.570. The summed E-state index contributed by atoms with van der Waals surface area (Å²) in [6.07, 6.45) is 4.30. The summed E-state index contributed by atoms with van der Waals surface area (Å²) >= 11 is 0. The minimum Gasteiger partial charge on any atom is -0.298 e. The molecule has 1 saturated carbocycles. The van der Waals surface area contributed by atoms with Crippen molar-refractivity contribution in [2.75, 3.05) is 0 Å². The number of carbonyl (C=O) groups is 1. The van der Waals surface area contributed by atoms with Crippen molar-refractivity contribution in [2.24, 2.45) is 5.92 Å². The summed E-state index contributed by atoms with van der Waals surface area (Å²) in [5, 5.41) is 0. The van der Waals surface area contributed by atoms with E-state index in [4.69, 9.17) is 4.89 Å². The number of rotatable bonds is 0. The SMILES string of the molecule is O=C1OOC2CCCCC12. The molecule has 1 heterocycles. The standard InChI is InChI=1S/C7H10O3/c8-7-5-3-1-2-4-6(5)9-10-7/h5-6H,1-4H2. The van der Waals surface area contributed by atoms with Gasteiger partial charge in [-0.1, -0.05) is 12.8 Å². The van der Waals surface area contributed by atoms with E-state index in [-0.39, 0.29) is 18.0 Å². The second-order valence-corrected chi connectivity index (χ2v) is 2.93. The van der Waals surface area contributed by atoms with Gasteiger partial charge in [-0.25, -0.2) is 4.79 Å². The molecule has 10 heavy (non-hydrogen) atoms. The second kappa shape index (κ2) is 2.23. The third-order valence-electron chi connectivity index (χ3n) is 2.26. The van der Waals surface area contributed by atoms with E-state index in [2.05, 4.69) is 4.89 Å². The van der Waals surface area contributed by atoms with E-state index in [1.807, 2.05) is 0 Å². The van der Waals surface area contributed by atoms with Gasteiger partial charge in [-0.3, -0.25) is 4.89 Å². The lowest BCUT2D eigenvalue weighted by molar-refractivity contribution is -0.263. The van der Waals surface area contributed by atoms with Crippen molar-refractivity contribution in [3.63, 3.8) is 0 Å². The second-order valence-electron chi connectivity index (χ2n) is 2.93. The van der Waals surface area contributed by atoms with E-state index in [1.54, 1.807) is 0 Å². The van der Waals surface area contributed by atoms with E-state index in [0.717, 1.165) is 25.7 Å². The molecule has 0 aromatic heterocycles. The maximum absolute atomic E-state index is 10.9. The van der Waals surface area contributed by atoms with Gasteiger partial charge in [0.1, 0.15) is 6.10 Å². The molecule has 0 spiro atoms. The van der Waals surface area contributed by atoms with Gasteiger partial charge >= 0.3 is 5.97 Å². The summed E-state index contributed by atoms with van der Waals surface area (Å²) in [6, 6.07) is 0. The molecule has 1 saturated heterocycles. The zero-order valence-corrected chi connectivity index (χ0v) is 5.71. The first-order chi connectivity index (χ1) is 4.88. The molecule has 0 radical (unpaired) electrons. The van der Waals surface area contributed by atoms with Crippen molar-refractivity contribution >= 4 is 5.97 Å². The first-order valence-corrected chi connectivity index (χ1v) is 3.75. The Kier molecular flexibility index (Phi) is 1.38. The Bertz CT molecular complexity index is 155. The fraction of sp³-hybridized carbons (Fsp3) is 0.857. The predicted octanol–water partition coefficient (Wildman–Crippen LogP) is 1.03. The summed E-state index contributed by atoms with van der Waals surface area (Å²) < 4.78 is 0. The molecule has 1 aliphatic carbocycles. The van der Waals surface area contributed by atoms with Crippen LogP contribution in [-0.2, 0) is 14.6 Å². The minimum atomic E-state index is -0.162. The van der Waals surface area contributed by atoms with E-state index in [1.165, 1.54) is 0 Å². The van der Waals surface area contributed by atoms with E-state index in [9.17, 15) is 4.79 Å². The van der Waals surface area contributed by atoms with Crippen LogP contribution in [0.1, 0.15) is 25.7 Å². The molecule has 2 fully saturated rings. The highest BCUT2D eigenvalue weighted by Gasteiger charge is 2.40. The zero-order chi connectivity index (χ0) is 6.97. The largest absolute Gasteiger partial charge is 0.348 e. The monoisotopic (exact) mass is 142 g/mol. The highest BCUT2D eigenvalue weighted by atomic mass is 17.2. The molecule has 0 N–H and O–H groups in total. The van der Waals surface area contributed by atoms with Crippen molar-refractivity contribution in [1.29, 1.82) is 0 Å². The van der Waals surface area contributed by atoms with Crippen molar-refractivity contribution < 1.29 is 14.6 Å². The number of hydrogen-bond acceptors (Lipinski definition) is 3. The maximum atomic E-state index is 10.9. The van der Waals surface area contributed by atoms with Crippen LogP contribution >= 0.6 is 0 Å². The van der Waals surface area contributed by atoms with Gasteiger partial charge in [0.05, 0.1) is 5.92 Å². The van der Waals surface area contributed by atoms with Crippen LogP contribution in [0.25, 0.3) is 0 Å². The third kappa shape index (κ3) is 0.814. The van der Waals surface area contributed by atoms with Crippen LogP contribution in [0, 0.1) is 5.92 Å². The molecule has 2 aliphatic rings. The molecule has 2 atom stereocenters. The van der Waals surface area contributed by atoms with E-state index in [0.29, 0.717) is 0 Å². The Labute approximate surface area is 59.2 Å². The number of carbonyl (C=O) groups excluding carboxylic acids is 1. The third-order valence-corrected chi connectivity index (χ3v) is 2.26. The van der Waals surface area contributed by atoms with Gasteiger partial charge in [-0.15, -0.1) is 0 Å². The number of hydrogen-bond donors (Lipinski definition) is 0. The molecular formula is C7H10O3. The molecule has 56 valence electrons. The van der Waals surface area contributed by atoms with E-state index < -0.39 is 0 Å². The Morgan fingerprint density at radius 1 is 1.30 bits per heavy atom. The van der Waals surface area contributed by atoms with Crippen LogP contribution in [0.2, 0.25) is 0 Å². The smallest absolute Gasteiger partial charge is 0.298 e. The first-order valence-electron chi connectivity index (χ1n) is 3.75. The van der Waals surface area contributed by atoms with Crippen molar-refractivity contribution in [2.45, 2.75) is 31.8 Å². The van der Waals surface area contributed by atoms with Crippen molar-refractivity contribution in [3.05, 3.63) is 0 Å². The molecule has 1 aliphatic heterocycles. The molecule has 0 amide bonds. The van der Waals surface area contributed by atoms with Crippen LogP contribution in [0.5, 0.6) is 0 Å². The van der Waals surface area contributed by atoms with Gasteiger partial charge in [0.25, 0.3) is 0 Å². The average molecular weight is 142 g/mol. The van der Waals surface area contributed by atoms with Crippen molar-refractivity contribution in [1.82, 2.24) is 0 Å². The fourth-order valence-electron chi connectivity index (χ4n) is 1.65. The first kappa shape index (κ1) is 6.16. The molecule has 0 aromatic carbocycles. The van der Waals surface area contributed by atoms with Crippen LogP contribution in [0.15, 0.2) is 0 Å². The fourth-order valence-corrected chi connectivity index (χ4v) is 1.65. The van der Waals surface area contributed by atoms with E-state index >= 15 is 0 Å². The van der Waals surface area contributed by atoms with Gasteiger partial charge in [0, 0.05) is 0 Å². The zero-order valence-electron chi connectivity index (χ0n) is 5.71. The summed E-state index contributed by atoms with van der Waals surface area (Å²) in [5.74, 6) is -0.113. The summed E-state index contributed by atoms with van der Waals surface area (Å²) in [4.78, 5) is 20.1. The van der Waals surface area contributed by atoms with Gasteiger partial charge in [0.15, 0.2) is 0 Å². The maximum Gasteiger partial charge on any atom is 0.348 e. The Balaban J connectivity index is 2.08. The molecule has 2 unspecified atom stereocenters. The van der Waals surface area contributed by atoms with Crippen LogP contribution in [-0.4, -0.2) is 12.1 Å². The van der Waals surface area contributed by atoms with Crippen LogP contribution < -0.4 is 0 Å². The molecule has 0 aromatic rings. The predicted molar refractivity (Wildman–Crippen MR) is 32.9 cm³/mol. The van der Waals surface area contributed by atoms with Crippen LogP contribution in [0.4, 0.5) is 0 Å². The lowest BCUT2D eigenvalue weighted by atomic mass is 9.87. The normalized spacial score (nSPS) is 39.0. The molecule has 0 bridgehead atoms. The molecular weight excluding hydrogens is 132 g/mol. The van der Waals surface area contributed by atoms with Crippen molar-refractivity contribution in [3.8, 4) is 0 Å². The van der Waals surface area contributed by atoms with Crippen LogP contribution in [0.3, 0.4) is 0 Å². The topological polar surface area (TPSA) is 35.5 Å². The lowest BCUT2D eigenvalue weighted by Gasteiger charge is -2.17. The quantitative estimate of drug-likeness (QED) is 0.474. The molecule has 2 rings (SSSR count). The van der Waals surface area contributed by atoms with Gasteiger partial charge in [-0.2, -0.15) is 4.89 Å². The summed E-state index contributed by atoms with van der Waals surface area (Å²) in [5.41, 5.74) is 0. The molecule has 3 nitrogen and oxygen atoms in total. The van der Waals surface area contributed by atoms with Gasteiger partial charge < -0.3 is 0 Å². The van der Waals surface area contributed by atoms with Gasteiger partial charge in [0.2, 0.25) is 0 Å².